The lowest BCUT2D eigenvalue weighted by Gasteiger charge is -2.00. The first-order valence-corrected chi connectivity index (χ1v) is 6.49. The predicted molar refractivity (Wildman–Crippen MR) is 72.7 cm³/mol. The second kappa shape index (κ2) is 3.70. The van der Waals surface area contributed by atoms with Gasteiger partial charge >= 0.3 is 0 Å². The van der Waals surface area contributed by atoms with Crippen molar-refractivity contribution >= 4 is 16.3 Å². The van der Waals surface area contributed by atoms with Crippen molar-refractivity contribution in [2.45, 2.75) is 20.8 Å². The Morgan fingerprint density at radius 2 is 1.88 bits per heavy atom. The lowest BCUT2D eigenvalue weighted by Crippen LogP contribution is -1.83. The highest BCUT2D eigenvalue weighted by Crippen LogP contribution is 2.27. The molecule has 0 unspecified atom stereocenters. The zero-order chi connectivity index (χ0) is 12.0. The Morgan fingerprint density at radius 1 is 1.12 bits per heavy atom. The van der Waals surface area contributed by atoms with E-state index >= 15 is 0 Å². The number of hydrogen-bond donors (Lipinski definition) is 0. The van der Waals surface area contributed by atoms with Crippen LogP contribution < -0.4 is 0 Å². The summed E-state index contributed by atoms with van der Waals surface area (Å²) < 4.78 is 2.18. The molecule has 0 radical (unpaired) electrons. The van der Waals surface area contributed by atoms with E-state index in [4.69, 9.17) is 4.98 Å². The summed E-state index contributed by atoms with van der Waals surface area (Å²) >= 11 is 1.75. The highest BCUT2D eigenvalue weighted by atomic mass is 32.1. The van der Waals surface area contributed by atoms with Crippen LogP contribution in [0.5, 0.6) is 0 Å². The number of fused-ring (bicyclic) bond motifs is 1. The van der Waals surface area contributed by atoms with Crippen molar-refractivity contribution < 1.29 is 0 Å². The molecule has 3 aromatic rings. The number of aromatic nitrogens is 2. The third-order valence-corrected chi connectivity index (χ3v) is 4.28. The van der Waals surface area contributed by atoms with Gasteiger partial charge in [-0.05, 0) is 26.3 Å². The van der Waals surface area contributed by atoms with Crippen LogP contribution in [0.3, 0.4) is 0 Å². The Kier molecular flexibility index (Phi) is 2.30. The van der Waals surface area contributed by atoms with Gasteiger partial charge in [0.1, 0.15) is 0 Å². The molecule has 1 aromatic carbocycles. The second-order valence-corrected chi connectivity index (χ2v) is 5.52. The van der Waals surface area contributed by atoms with Crippen molar-refractivity contribution in [1.82, 2.24) is 9.38 Å². The van der Waals surface area contributed by atoms with Gasteiger partial charge in [-0.15, -0.1) is 11.3 Å². The van der Waals surface area contributed by atoms with Gasteiger partial charge in [-0.3, -0.25) is 4.40 Å². The van der Waals surface area contributed by atoms with Crippen LogP contribution in [0, 0.1) is 20.8 Å². The third-order valence-electron chi connectivity index (χ3n) is 3.21. The molecule has 2 heterocycles. The molecule has 0 aliphatic heterocycles. The third kappa shape index (κ3) is 1.58. The number of nitrogens with zero attached hydrogens (tertiary/aromatic N) is 2. The van der Waals surface area contributed by atoms with Gasteiger partial charge in [-0.2, -0.15) is 0 Å². The van der Waals surface area contributed by atoms with E-state index in [-0.39, 0.29) is 0 Å². The maximum Gasteiger partial charge on any atom is 0.194 e. The maximum atomic E-state index is 4.71. The van der Waals surface area contributed by atoms with E-state index in [9.17, 15) is 0 Å². The lowest BCUT2D eigenvalue weighted by atomic mass is 10.1. The minimum atomic E-state index is 1.07. The Labute approximate surface area is 105 Å². The first kappa shape index (κ1) is 10.5. The van der Waals surface area contributed by atoms with Crippen molar-refractivity contribution in [1.29, 1.82) is 0 Å². The summed E-state index contributed by atoms with van der Waals surface area (Å²) in [6.07, 6.45) is 2.14. The van der Waals surface area contributed by atoms with E-state index in [0.29, 0.717) is 0 Å². The summed E-state index contributed by atoms with van der Waals surface area (Å²) in [7, 11) is 0. The molecule has 0 aliphatic carbocycles. The van der Waals surface area contributed by atoms with E-state index in [1.165, 1.54) is 21.7 Å². The van der Waals surface area contributed by atoms with Crippen LogP contribution in [0.2, 0.25) is 0 Å². The molecule has 2 aromatic heterocycles. The summed E-state index contributed by atoms with van der Waals surface area (Å²) in [5.74, 6) is 0. The average Bonchev–Trinajstić information content (AvgIpc) is 2.81. The van der Waals surface area contributed by atoms with Crippen molar-refractivity contribution in [3.05, 3.63) is 46.6 Å². The summed E-state index contributed by atoms with van der Waals surface area (Å²) in [6, 6.07) is 8.38. The summed E-state index contributed by atoms with van der Waals surface area (Å²) in [4.78, 5) is 7.13. The van der Waals surface area contributed by atoms with Crippen molar-refractivity contribution in [2.24, 2.45) is 0 Å². The van der Waals surface area contributed by atoms with Crippen molar-refractivity contribution in [2.75, 3.05) is 0 Å². The standard InChI is InChI=1S/C14H14N2S/c1-9-6-4-5-7-12(9)13-8-16-10(2)11(3)17-14(16)15-13/h4-8H,1-3H3. The molecule has 0 bridgehead atoms. The molecule has 0 spiro atoms. The van der Waals surface area contributed by atoms with Gasteiger partial charge < -0.3 is 0 Å². The number of aryl methyl sites for hydroxylation is 3. The monoisotopic (exact) mass is 242 g/mol. The summed E-state index contributed by atoms with van der Waals surface area (Å²) in [5, 5.41) is 0. The zero-order valence-electron chi connectivity index (χ0n) is 10.2. The van der Waals surface area contributed by atoms with Crippen LogP contribution in [-0.4, -0.2) is 9.38 Å². The molecule has 0 atom stereocenters. The predicted octanol–water partition coefficient (Wildman–Crippen LogP) is 3.99. The van der Waals surface area contributed by atoms with Crippen LogP contribution in [0.1, 0.15) is 16.1 Å². The van der Waals surface area contributed by atoms with Crippen LogP contribution in [0.25, 0.3) is 16.2 Å². The summed E-state index contributed by atoms with van der Waals surface area (Å²) in [5.41, 5.74) is 4.85. The molecule has 86 valence electrons. The minimum Gasteiger partial charge on any atom is -0.294 e. The second-order valence-electron chi connectivity index (χ2n) is 4.34. The van der Waals surface area contributed by atoms with E-state index in [0.717, 1.165) is 10.7 Å². The Hall–Kier alpha value is -1.61. The van der Waals surface area contributed by atoms with Gasteiger partial charge in [-0.25, -0.2) is 4.98 Å². The van der Waals surface area contributed by atoms with Crippen LogP contribution in [0.4, 0.5) is 0 Å². The molecule has 0 saturated heterocycles. The molecule has 0 N–H and O–H groups in total. The number of benzene rings is 1. The summed E-state index contributed by atoms with van der Waals surface area (Å²) in [6.45, 7) is 6.41. The van der Waals surface area contributed by atoms with Gasteiger partial charge in [0.2, 0.25) is 0 Å². The van der Waals surface area contributed by atoms with E-state index < -0.39 is 0 Å². The average molecular weight is 242 g/mol. The number of hydrogen-bond acceptors (Lipinski definition) is 2. The Morgan fingerprint density at radius 3 is 2.59 bits per heavy atom. The minimum absolute atomic E-state index is 1.07. The van der Waals surface area contributed by atoms with E-state index in [1.807, 2.05) is 0 Å². The van der Waals surface area contributed by atoms with Crippen molar-refractivity contribution in [3.8, 4) is 11.3 Å². The lowest BCUT2D eigenvalue weighted by molar-refractivity contribution is 1.11. The largest absolute Gasteiger partial charge is 0.294 e. The smallest absolute Gasteiger partial charge is 0.194 e. The van der Waals surface area contributed by atoms with E-state index in [2.05, 4.69) is 55.6 Å². The molecule has 0 saturated carbocycles. The molecular formula is C14H14N2S. The van der Waals surface area contributed by atoms with Gasteiger partial charge in [0.05, 0.1) is 5.69 Å². The first-order valence-electron chi connectivity index (χ1n) is 5.68. The van der Waals surface area contributed by atoms with Gasteiger partial charge in [-0.1, -0.05) is 24.3 Å². The Bertz CT molecular complexity index is 691. The molecule has 0 fully saturated rings. The molecule has 3 rings (SSSR count). The highest BCUT2D eigenvalue weighted by Gasteiger charge is 2.10. The first-order chi connectivity index (χ1) is 8.16. The van der Waals surface area contributed by atoms with Crippen LogP contribution >= 0.6 is 11.3 Å². The maximum absolute atomic E-state index is 4.71. The van der Waals surface area contributed by atoms with Crippen LogP contribution in [0.15, 0.2) is 30.5 Å². The van der Waals surface area contributed by atoms with Crippen molar-refractivity contribution in [3.63, 3.8) is 0 Å². The molecule has 17 heavy (non-hydrogen) atoms. The van der Waals surface area contributed by atoms with Crippen LogP contribution in [-0.2, 0) is 0 Å². The van der Waals surface area contributed by atoms with Gasteiger partial charge in [0.15, 0.2) is 4.96 Å². The zero-order valence-corrected chi connectivity index (χ0v) is 11.0. The fourth-order valence-corrected chi connectivity index (χ4v) is 3.00. The molecule has 2 nitrogen and oxygen atoms in total. The fourth-order valence-electron chi connectivity index (χ4n) is 2.05. The quantitative estimate of drug-likeness (QED) is 0.630. The van der Waals surface area contributed by atoms with E-state index in [1.54, 1.807) is 11.3 Å². The fraction of sp³-hybridized carbons (Fsp3) is 0.214. The molecular weight excluding hydrogens is 228 g/mol. The number of rotatable bonds is 1. The topological polar surface area (TPSA) is 17.3 Å². The normalized spacial score (nSPS) is 11.2. The molecule has 0 aliphatic rings. The van der Waals surface area contributed by atoms with Gasteiger partial charge in [0.25, 0.3) is 0 Å². The number of imidazole rings is 1. The number of thiazole rings is 1. The SMILES string of the molecule is Cc1ccccc1-c1cn2c(C)c(C)sc2n1. The highest BCUT2D eigenvalue weighted by molar-refractivity contribution is 7.17. The van der Waals surface area contributed by atoms with Gasteiger partial charge in [0, 0.05) is 22.3 Å². The molecule has 0 amide bonds. The Balaban J connectivity index is 2.23. The molecule has 3 heteroatoms.